The second-order valence-corrected chi connectivity index (χ2v) is 3.32. The van der Waals surface area contributed by atoms with Gasteiger partial charge in [-0.3, -0.25) is 0 Å². The van der Waals surface area contributed by atoms with E-state index in [2.05, 4.69) is 0 Å². The minimum Gasteiger partial charge on any atom is -0.468 e. The summed E-state index contributed by atoms with van der Waals surface area (Å²) >= 11 is 0. The molecule has 0 fully saturated rings. The molecular weight excluding hydrogens is 152 g/mol. The van der Waals surface area contributed by atoms with Crippen LogP contribution in [0.25, 0.3) is 0 Å². The maximum atomic E-state index is 10.4. The van der Waals surface area contributed by atoms with Crippen molar-refractivity contribution < 1.29 is 12.8 Å². The van der Waals surface area contributed by atoms with E-state index in [9.17, 15) is 8.42 Å². The van der Waals surface area contributed by atoms with Gasteiger partial charge < -0.3 is 4.42 Å². The summed E-state index contributed by atoms with van der Waals surface area (Å²) in [6.07, 6.45) is 1.46. The van der Waals surface area contributed by atoms with Crippen molar-refractivity contribution in [3.8, 4) is 0 Å². The molecule has 0 spiro atoms. The molecule has 1 rings (SSSR count). The fourth-order valence-electron chi connectivity index (χ4n) is 0.633. The molecule has 0 radical (unpaired) electrons. The van der Waals surface area contributed by atoms with Crippen LogP contribution < -0.4 is 0 Å². The Bertz CT molecular complexity index is 253. The predicted octanol–water partition coefficient (Wildman–Crippen LogP) is 0.952. The molecule has 0 amide bonds. The van der Waals surface area contributed by atoms with Crippen LogP contribution in [0.1, 0.15) is 17.9 Å². The van der Waals surface area contributed by atoms with Crippen LogP contribution in [0, 0.1) is 0 Å². The minimum absolute atomic E-state index is 0.496. The molecule has 0 N–H and O–H groups in total. The van der Waals surface area contributed by atoms with E-state index in [1.165, 1.54) is 6.26 Å². The van der Waals surface area contributed by atoms with Crippen molar-refractivity contribution >= 4 is 10.7 Å². The predicted molar refractivity (Wildman–Crippen MR) is 37.4 cm³/mol. The summed E-state index contributed by atoms with van der Waals surface area (Å²) in [7, 11) is -2.41. The molecule has 0 aliphatic rings. The highest BCUT2D eigenvalue weighted by atomic mass is 32.2. The average molecular weight is 160 g/mol. The first-order chi connectivity index (χ1) is 4.72. The molecule has 1 unspecified atom stereocenters. The number of furan rings is 1. The van der Waals surface area contributed by atoms with E-state index in [1.807, 2.05) is 0 Å². The Hall–Kier alpha value is -0.770. The highest BCUT2D eigenvalue weighted by Gasteiger charge is 2.09. The molecule has 0 bridgehead atoms. The highest BCUT2D eigenvalue weighted by molar-refractivity contribution is 7.72. The van der Waals surface area contributed by atoms with Crippen molar-refractivity contribution in [3.63, 3.8) is 0 Å². The quantitative estimate of drug-likeness (QED) is 0.655. The van der Waals surface area contributed by atoms with Crippen LogP contribution in [0.15, 0.2) is 22.8 Å². The highest BCUT2D eigenvalue weighted by Crippen LogP contribution is 2.14. The molecule has 10 heavy (non-hydrogen) atoms. The summed E-state index contributed by atoms with van der Waals surface area (Å²) < 4.78 is 25.6. The summed E-state index contributed by atoms with van der Waals surface area (Å²) in [5.74, 6) is 0.496. The lowest BCUT2D eigenvalue weighted by Gasteiger charge is -1.95. The van der Waals surface area contributed by atoms with E-state index < -0.39 is 16.0 Å². The Balaban J connectivity index is 2.87. The van der Waals surface area contributed by atoms with Crippen LogP contribution >= 0.6 is 0 Å². The van der Waals surface area contributed by atoms with Crippen LogP contribution in [0.5, 0.6) is 0 Å². The molecule has 0 saturated carbocycles. The van der Waals surface area contributed by atoms with Gasteiger partial charge in [0.15, 0.2) is 0 Å². The standard InChI is InChI=1S/C6H8O3S/c1-5(10(7)8)6-3-2-4-9-6/h2-5,10H,1H3. The zero-order valence-corrected chi connectivity index (χ0v) is 6.38. The molecular formula is C6H8O3S. The van der Waals surface area contributed by atoms with Crippen molar-refractivity contribution in [1.29, 1.82) is 0 Å². The fourth-order valence-corrected chi connectivity index (χ4v) is 0.988. The first-order valence-corrected chi connectivity index (χ1v) is 4.13. The molecule has 0 aliphatic carbocycles. The van der Waals surface area contributed by atoms with E-state index in [4.69, 9.17) is 4.42 Å². The Morgan fingerprint density at radius 3 is 2.70 bits per heavy atom. The average Bonchev–Trinajstić information content (AvgIpc) is 2.36. The normalized spacial score (nSPS) is 13.8. The number of hydrogen-bond acceptors (Lipinski definition) is 3. The molecule has 1 aromatic heterocycles. The maximum Gasteiger partial charge on any atom is 0.150 e. The van der Waals surface area contributed by atoms with E-state index in [0.29, 0.717) is 5.76 Å². The minimum atomic E-state index is -2.41. The molecule has 0 saturated heterocycles. The second-order valence-electron chi connectivity index (χ2n) is 1.98. The molecule has 1 heterocycles. The SMILES string of the molecule is CC(c1ccco1)[SH](=O)=O. The van der Waals surface area contributed by atoms with Gasteiger partial charge >= 0.3 is 0 Å². The molecule has 0 aliphatic heterocycles. The van der Waals surface area contributed by atoms with Crippen molar-refractivity contribution in [2.45, 2.75) is 12.2 Å². The Kier molecular flexibility index (Phi) is 2.11. The first-order valence-electron chi connectivity index (χ1n) is 2.88. The Morgan fingerprint density at radius 1 is 1.60 bits per heavy atom. The fraction of sp³-hybridized carbons (Fsp3) is 0.333. The van der Waals surface area contributed by atoms with Gasteiger partial charge in [-0.1, -0.05) is 0 Å². The van der Waals surface area contributed by atoms with Crippen molar-refractivity contribution in [3.05, 3.63) is 24.2 Å². The van der Waals surface area contributed by atoms with Gasteiger partial charge in [0.1, 0.15) is 21.7 Å². The lowest BCUT2D eigenvalue weighted by molar-refractivity contribution is 0.503. The van der Waals surface area contributed by atoms with Gasteiger partial charge in [0, 0.05) is 0 Å². The third-order valence-corrected chi connectivity index (χ3v) is 2.16. The van der Waals surface area contributed by atoms with Gasteiger partial charge in [-0.15, -0.1) is 0 Å². The second kappa shape index (κ2) is 2.88. The van der Waals surface area contributed by atoms with Crippen molar-refractivity contribution in [2.24, 2.45) is 0 Å². The van der Waals surface area contributed by atoms with Gasteiger partial charge in [0.2, 0.25) is 0 Å². The van der Waals surface area contributed by atoms with E-state index in [0.717, 1.165) is 0 Å². The molecule has 4 heteroatoms. The zero-order valence-electron chi connectivity index (χ0n) is 5.48. The monoisotopic (exact) mass is 160 g/mol. The van der Waals surface area contributed by atoms with Gasteiger partial charge in [0.25, 0.3) is 0 Å². The molecule has 0 aromatic carbocycles. The first kappa shape index (κ1) is 7.34. The molecule has 3 nitrogen and oxygen atoms in total. The molecule has 1 atom stereocenters. The van der Waals surface area contributed by atoms with Crippen LogP contribution in [0.2, 0.25) is 0 Å². The van der Waals surface area contributed by atoms with E-state index in [-0.39, 0.29) is 0 Å². The van der Waals surface area contributed by atoms with Crippen molar-refractivity contribution in [2.75, 3.05) is 0 Å². The number of thiol groups is 1. The lowest BCUT2D eigenvalue weighted by atomic mass is 10.4. The van der Waals surface area contributed by atoms with Crippen LogP contribution in [0.3, 0.4) is 0 Å². The lowest BCUT2D eigenvalue weighted by Crippen LogP contribution is -1.91. The Morgan fingerprint density at radius 2 is 2.30 bits per heavy atom. The molecule has 1 aromatic rings. The smallest absolute Gasteiger partial charge is 0.150 e. The summed E-state index contributed by atoms with van der Waals surface area (Å²) in [5.41, 5.74) is 0. The summed E-state index contributed by atoms with van der Waals surface area (Å²) in [6, 6.07) is 3.32. The topological polar surface area (TPSA) is 47.3 Å². The summed E-state index contributed by atoms with van der Waals surface area (Å²) in [6.45, 7) is 1.59. The summed E-state index contributed by atoms with van der Waals surface area (Å²) in [5, 5.41) is -0.509. The number of rotatable bonds is 2. The zero-order chi connectivity index (χ0) is 7.56. The maximum absolute atomic E-state index is 10.4. The third kappa shape index (κ3) is 1.39. The van der Waals surface area contributed by atoms with Crippen LogP contribution in [-0.2, 0) is 10.7 Å². The molecule has 56 valence electrons. The summed E-state index contributed by atoms with van der Waals surface area (Å²) in [4.78, 5) is 0. The van der Waals surface area contributed by atoms with Crippen molar-refractivity contribution in [1.82, 2.24) is 0 Å². The Labute approximate surface area is 60.6 Å². The largest absolute Gasteiger partial charge is 0.468 e. The number of hydrogen-bond donors (Lipinski definition) is 1. The van der Waals surface area contributed by atoms with Gasteiger partial charge in [-0.05, 0) is 19.1 Å². The van der Waals surface area contributed by atoms with E-state index in [1.54, 1.807) is 19.1 Å². The van der Waals surface area contributed by atoms with Gasteiger partial charge in [-0.25, -0.2) is 8.42 Å². The van der Waals surface area contributed by atoms with Gasteiger partial charge in [-0.2, -0.15) is 0 Å². The van der Waals surface area contributed by atoms with E-state index >= 15 is 0 Å². The van der Waals surface area contributed by atoms with Gasteiger partial charge in [0.05, 0.1) is 6.26 Å². The van der Waals surface area contributed by atoms with Crippen LogP contribution in [-0.4, -0.2) is 8.42 Å². The van der Waals surface area contributed by atoms with Crippen LogP contribution in [0.4, 0.5) is 0 Å². The third-order valence-electron chi connectivity index (χ3n) is 1.27.